The molecule has 2 aromatic heterocycles. The molecule has 5 rings (SSSR count). The summed E-state index contributed by atoms with van der Waals surface area (Å²) in [4.78, 5) is 18.8. The molecule has 0 bridgehead atoms. The normalized spacial score (nSPS) is 21.5. The molecule has 7 nitrogen and oxygen atoms in total. The van der Waals surface area contributed by atoms with E-state index in [2.05, 4.69) is 25.4 Å². The second-order valence-electron chi connectivity index (χ2n) is 9.82. The summed E-state index contributed by atoms with van der Waals surface area (Å²) in [6, 6.07) is 11.0. The van der Waals surface area contributed by atoms with Crippen molar-refractivity contribution in [1.82, 2.24) is 30.0 Å². The number of likely N-dealkylation sites (tertiary alicyclic amines) is 1. The number of pyridine rings is 1. The Balaban J connectivity index is 1.10. The average molecular weight is 531 g/mol. The van der Waals surface area contributed by atoms with Gasteiger partial charge in [0.25, 0.3) is 5.91 Å². The molecule has 1 spiro atoms. The molecule has 1 aliphatic carbocycles. The minimum absolute atomic E-state index is 0.224. The van der Waals surface area contributed by atoms with Gasteiger partial charge in [-0.05, 0) is 73.5 Å². The summed E-state index contributed by atoms with van der Waals surface area (Å²) < 4.78 is 40.5. The minimum atomic E-state index is -4.29. The van der Waals surface area contributed by atoms with Gasteiger partial charge in [0.05, 0.1) is 5.56 Å². The van der Waals surface area contributed by atoms with E-state index in [1.54, 1.807) is 43.1 Å². The van der Waals surface area contributed by atoms with E-state index in [0.717, 1.165) is 55.4 Å². The lowest BCUT2D eigenvalue weighted by Gasteiger charge is -2.16. The highest BCUT2D eigenvalue weighted by Crippen LogP contribution is 2.64. The Hall–Kier alpha value is -2.92. The van der Waals surface area contributed by atoms with Gasteiger partial charge in [-0.3, -0.25) is 4.79 Å². The van der Waals surface area contributed by atoms with Gasteiger partial charge in [-0.1, -0.05) is 30.0 Å². The first-order valence-electron chi connectivity index (χ1n) is 12.3. The maximum atomic E-state index is 12.9. The van der Waals surface area contributed by atoms with Crippen LogP contribution in [0.2, 0.25) is 0 Å². The predicted molar refractivity (Wildman–Crippen MR) is 135 cm³/mol. The largest absolute Gasteiger partial charge is 0.416 e. The van der Waals surface area contributed by atoms with Crippen LogP contribution in [0.15, 0.2) is 47.6 Å². The summed E-state index contributed by atoms with van der Waals surface area (Å²) in [6.45, 7) is 3.02. The number of hydrogen-bond acceptors (Lipinski definition) is 6. The van der Waals surface area contributed by atoms with Crippen LogP contribution in [-0.4, -0.2) is 63.0 Å². The number of hydrogen-bond donors (Lipinski definition) is 1. The van der Waals surface area contributed by atoms with Gasteiger partial charge in [0, 0.05) is 26.4 Å². The third-order valence-corrected chi connectivity index (χ3v) is 8.52. The second kappa shape index (κ2) is 10.1. The van der Waals surface area contributed by atoms with Crippen LogP contribution < -0.4 is 5.32 Å². The fourth-order valence-corrected chi connectivity index (χ4v) is 6.11. The first kappa shape index (κ1) is 25.7. The van der Waals surface area contributed by atoms with Gasteiger partial charge in [-0.2, -0.15) is 13.2 Å². The monoisotopic (exact) mass is 530 g/mol. The number of aromatic nitrogens is 4. The van der Waals surface area contributed by atoms with E-state index < -0.39 is 11.7 Å². The van der Waals surface area contributed by atoms with Crippen molar-refractivity contribution < 1.29 is 18.0 Å². The van der Waals surface area contributed by atoms with Crippen molar-refractivity contribution in [1.29, 1.82) is 0 Å². The Morgan fingerprint density at radius 1 is 1.19 bits per heavy atom. The number of benzene rings is 1. The van der Waals surface area contributed by atoms with Crippen LogP contribution in [0.5, 0.6) is 0 Å². The number of nitrogens with one attached hydrogen (secondary N) is 1. The smallest absolute Gasteiger partial charge is 0.354 e. The van der Waals surface area contributed by atoms with Crippen LogP contribution >= 0.6 is 11.8 Å². The second-order valence-corrected chi connectivity index (χ2v) is 10.9. The van der Waals surface area contributed by atoms with Gasteiger partial charge in [-0.15, -0.1) is 10.2 Å². The molecule has 1 aromatic carbocycles. The summed E-state index contributed by atoms with van der Waals surface area (Å²) in [5.41, 5.74) is 1.59. The van der Waals surface area contributed by atoms with Crippen molar-refractivity contribution in [3.63, 3.8) is 0 Å². The molecule has 1 N–H and O–H groups in total. The van der Waals surface area contributed by atoms with Gasteiger partial charge in [0.2, 0.25) is 0 Å². The summed E-state index contributed by atoms with van der Waals surface area (Å²) in [5, 5.41) is 12.0. The number of halogens is 3. The van der Waals surface area contributed by atoms with E-state index in [0.29, 0.717) is 23.1 Å². The van der Waals surface area contributed by atoms with Gasteiger partial charge in [-0.25, -0.2) is 4.98 Å². The molecule has 2 atom stereocenters. The fraction of sp³-hybridized carbons (Fsp3) is 0.462. The molecule has 3 aromatic rings. The van der Waals surface area contributed by atoms with Gasteiger partial charge >= 0.3 is 6.18 Å². The lowest BCUT2D eigenvalue weighted by molar-refractivity contribution is -0.137. The SMILES string of the molecule is CNC(=O)c1cccc(-c2nnc(SCCCN3CCC4(CC4c4ccc(C(F)(F)F)cc4)C3)n2C)n1. The number of alkyl halides is 3. The molecule has 1 saturated heterocycles. The molecule has 37 heavy (non-hydrogen) atoms. The molecule has 11 heteroatoms. The lowest BCUT2D eigenvalue weighted by atomic mass is 9.97. The summed E-state index contributed by atoms with van der Waals surface area (Å²) in [6.07, 6.45) is -1.14. The molecule has 0 radical (unpaired) electrons. The number of amides is 1. The maximum absolute atomic E-state index is 12.9. The van der Waals surface area contributed by atoms with E-state index in [1.165, 1.54) is 12.1 Å². The van der Waals surface area contributed by atoms with Crippen molar-refractivity contribution in [2.75, 3.05) is 32.4 Å². The molecule has 196 valence electrons. The number of nitrogens with zero attached hydrogens (tertiary/aromatic N) is 5. The fourth-order valence-electron chi connectivity index (χ4n) is 5.28. The maximum Gasteiger partial charge on any atom is 0.416 e. The third kappa shape index (κ3) is 5.38. The molecule has 2 unspecified atom stereocenters. The van der Waals surface area contributed by atoms with Gasteiger partial charge < -0.3 is 14.8 Å². The average Bonchev–Trinajstić information content (AvgIpc) is 3.23. The highest BCUT2D eigenvalue weighted by molar-refractivity contribution is 7.99. The molecule has 1 saturated carbocycles. The zero-order valence-corrected chi connectivity index (χ0v) is 21.6. The quantitative estimate of drug-likeness (QED) is 0.339. The van der Waals surface area contributed by atoms with E-state index >= 15 is 0 Å². The van der Waals surface area contributed by atoms with Crippen LogP contribution in [0.3, 0.4) is 0 Å². The van der Waals surface area contributed by atoms with Crippen molar-refractivity contribution in [2.24, 2.45) is 12.5 Å². The first-order valence-corrected chi connectivity index (χ1v) is 13.3. The molecule has 1 amide bonds. The predicted octanol–water partition coefficient (Wildman–Crippen LogP) is 4.62. The molecule has 3 heterocycles. The van der Waals surface area contributed by atoms with Crippen molar-refractivity contribution >= 4 is 17.7 Å². The van der Waals surface area contributed by atoms with E-state index in [4.69, 9.17) is 0 Å². The van der Waals surface area contributed by atoms with Gasteiger partial charge in [0.1, 0.15) is 11.4 Å². The van der Waals surface area contributed by atoms with Crippen LogP contribution in [0.4, 0.5) is 13.2 Å². The van der Waals surface area contributed by atoms with Crippen molar-refractivity contribution in [2.45, 2.75) is 36.5 Å². The zero-order chi connectivity index (χ0) is 26.2. The third-order valence-electron chi connectivity index (χ3n) is 7.42. The number of thioether (sulfide) groups is 1. The van der Waals surface area contributed by atoms with Crippen LogP contribution in [0.25, 0.3) is 11.5 Å². The van der Waals surface area contributed by atoms with Gasteiger partial charge in [0.15, 0.2) is 11.0 Å². The van der Waals surface area contributed by atoms with Crippen LogP contribution in [0.1, 0.15) is 46.8 Å². The Kier molecular flexibility index (Phi) is 7.01. The highest BCUT2D eigenvalue weighted by Gasteiger charge is 2.57. The zero-order valence-electron chi connectivity index (χ0n) is 20.8. The van der Waals surface area contributed by atoms with E-state index in [-0.39, 0.29) is 11.3 Å². The van der Waals surface area contributed by atoms with E-state index in [9.17, 15) is 18.0 Å². The minimum Gasteiger partial charge on any atom is -0.354 e. The molecular weight excluding hydrogens is 501 g/mol. The summed E-state index contributed by atoms with van der Waals surface area (Å²) in [5.74, 6) is 1.61. The first-order chi connectivity index (χ1) is 17.7. The Morgan fingerprint density at radius 3 is 2.70 bits per heavy atom. The number of carbonyl (C=O) groups excluding carboxylic acids is 1. The highest BCUT2D eigenvalue weighted by atomic mass is 32.2. The van der Waals surface area contributed by atoms with Crippen molar-refractivity contribution in [3.05, 3.63) is 59.3 Å². The van der Waals surface area contributed by atoms with Crippen molar-refractivity contribution in [3.8, 4) is 11.5 Å². The Labute approximate surface area is 217 Å². The van der Waals surface area contributed by atoms with Crippen LogP contribution in [0, 0.1) is 5.41 Å². The standard InChI is InChI=1S/C26H29F3N6OS/c1-30-23(36)21-6-3-5-20(31-21)22-32-33-24(34(22)2)37-14-4-12-35-13-11-25(16-35)15-19(25)17-7-9-18(10-8-17)26(27,28)29/h3,5-10,19H,4,11-16H2,1-2H3,(H,30,36). The number of carbonyl (C=O) groups is 1. The van der Waals surface area contributed by atoms with E-state index in [1.807, 2.05) is 17.7 Å². The Morgan fingerprint density at radius 2 is 1.97 bits per heavy atom. The number of rotatable bonds is 8. The molecule has 2 aliphatic rings. The molecule has 2 fully saturated rings. The molecular formula is C26H29F3N6OS. The summed E-state index contributed by atoms with van der Waals surface area (Å²) >= 11 is 1.64. The molecule has 1 aliphatic heterocycles. The Bertz CT molecular complexity index is 1280. The lowest BCUT2D eigenvalue weighted by Crippen LogP contribution is -2.23. The topological polar surface area (TPSA) is 75.9 Å². The van der Waals surface area contributed by atoms with Crippen LogP contribution in [-0.2, 0) is 13.2 Å². The summed E-state index contributed by atoms with van der Waals surface area (Å²) in [7, 11) is 3.46.